The molecule has 1 aliphatic heterocycles. The fourth-order valence-corrected chi connectivity index (χ4v) is 1.44. The molecule has 0 aliphatic carbocycles. The molecule has 14 heavy (non-hydrogen) atoms. The molecule has 0 aromatic heterocycles. The average molecular weight is 192 g/mol. The van der Waals surface area contributed by atoms with Crippen LogP contribution in [0.1, 0.15) is 31.1 Å². The predicted octanol–water partition coefficient (Wildman–Crippen LogP) is 2.40. The Bertz CT molecular complexity index is 394. The molecule has 3 nitrogen and oxygen atoms in total. The Labute approximate surface area is 82.6 Å². The van der Waals surface area contributed by atoms with E-state index in [1.165, 1.54) is 6.92 Å². The lowest BCUT2D eigenvalue weighted by Crippen LogP contribution is -2.29. The number of hydrogen-bond acceptors (Lipinski definition) is 3. The lowest BCUT2D eigenvalue weighted by Gasteiger charge is -2.16. The van der Waals surface area contributed by atoms with E-state index in [1.54, 1.807) is 18.2 Å². The van der Waals surface area contributed by atoms with Crippen LogP contribution in [0.4, 0.5) is 0 Å². The van der Waals surface area contributed by atoms with Crippen LogP contribution in [0, 0.1) is 0 Å². The topological polar surface area (TPSA) is 35.5 Å². The molecule has 1 heterocycles. The van der Waals surface area contributed by atoms with Gasteiger partial charge in [-0.1, -0.05) is 0 Å². The highest BCUT2D eigenvalue weighted by Crippen LogP contribution is 2.39. The number of carbonyl (C=O) groups excluding carboxylic acids is 1. The minimum Gasteiger partial charge on any atom is -0.449 e. The molecule has 0 fully saturated rings. The number of benzene rings is 1. The fraction of sp³-hybridized carbons (Fsp3) is 0.364. The Morgan fingerprint density at radius 3 is 2.50 bits per heavy atom. The van der Waals surface area contributed by atoms with Crippen LogP contribution in [0.3, 0.4) is 0 Å². The third-order valence-corrected chi connectivity index (χ3v) is 2.06. The Morgan fingerprint density at radius 2 is 1.86 bits per heavy atom. The molecule has 1 aromatic carbocycles. The van der Waals surface area contributed by atoms with Crippen LogP contribution in [0.25, 0.3) is 0 Å². The lowest BCUT2D eigenvalue weighted by molar-refractivity contribution is -0.0431. The minimum absolute atomic E-state index is 0.0288. The molecule has 0 bridgehead atoms. The zero-order chi connectivity index (χ0) is 10.3. The number of ketones is 1. The highest BCUT2D eigenvalue weighted by atomic mass is 16.7. The van der Waals surface area contributed by atoms with E-state index in [0.29, 0.717) is 17.1 Å². The van der Waals surface area contributed by atoms with Crippen molar-refractivity contribution in [3.63, 3.8) is 0 Å². The second kappa shape index (κ2) is 2.74. The highest BCUT2D eigenvalue weighted by molar-refractivity contribution is 5.94. The van der Waals surface area contributed by atoms with E-state index >= 15 is 0 Å². The quantitative estimate of drug-likeness (QED) is 0.641. The predicted molar refractivity (Wildman–Crippen MR) is 51.8 cm³/mol. The molecule has 74 valence electrons. The summed E-state index contributed by atoms with van der Waals surface area (Å²) in [6, 6.07) is 5.22. The van der Waals surface area contributed by atoms with Crippen LogP contribution in [0.15, 0.2) is 18.2 Å². The minimum atomic E-state index is -0.627. The molecular weight excluding hydrogens is 180 g/mol. The van der Waals surface area contributed by atoms with Crippen molar-refractivity contribution in [1.82, 2.24) is 0 Å². The fourth-order valence-electron chi connectivity index (χ4n) is 1.44. The van der Waals surface area contributed by atoms with Gasteiger partial charge in [0, 0.05) is 19.4 Å². The number of ether oxygens (including phenoxy) is 2. The first-order valence-electron chi connectivity index (χ1n) is 4.51. The first kappa shape index (κ1) is 9.06. The molecule has 0 N–H and O–H groups in total. The number of fused-ring (bicyclic) bond motifs is 1. The van der Waals surface area contributed by atoms with Gasteiger partial charge in [-0.25, -0.2) is 0 Å². The maximum Gasteiger partial charge on any atom is 0.246 e. The van der Waals surface area contributed by atoms with Crippen molar-refractivity contribution < 1.29 is 14.3 Å². The Morgan fingerprint density at radius 1 is 1.21 bits per heavy atom. The summed E-state index contributed by atoms with van der Waals surface area (Å²) in [7, 11) is 0. The van der Waals surface area contributed by atoms with Crippen molar-refractivity contribution in [3.8, 4) is 11.5 Å². The van der Waals surface area contributed by atoms with Crippen molar-refractivity contribution in [2.45, 2.75) is 26.6 Å². The van der Waals surface area contributed by atoms with Crippen molar-refractivity contribution in [3.05, 3.63) is 23.8 Å². The summed E-state index contributed by atoms with van der Waals surface area (Å²) in [5.41, 5.74) is 0.644. The van der Waals surface area contributed by atoms with Crippen molar-refractivity contribution >= 4 is 5.78 Å². The van der Waals surface area contributed by atoms with E-state index in [2.05, 4.69) is 0 Å². The van der Waals surface area contributed by atoms with Gasteiger partial charge < -0.3 is 9.47 Å². The molecule has 0 saturated carbocycles. The van der Waals surface area contributed by atoms with Crippen LogP contribution < -0.4 is 9.47 Å². The second-order valence-electron chi connectivity index (χ2n) is 3.82. The average Bonchev–Trinajstić information content (AvgIpc) is 2.36. The Hall–Kier alpha value is -1.51. The summed E-state index contributed by atoms with van der Waals surface area (Å²) in [4.78, 5) is 11.1. The van der Waals surface area contributed by atoms with Crippen LogP contribution in [-0.2, 0) is 0 Å². The molecule has 0 unspecified atom stereocenters. The van der Waals surface area contributed by atoms with Gasteiger partial charge in [0.15, 0.2) is 17.3 Å². The van der Waals surface area contributed by atoms with Crippen molar-refractivity contribution in [2.24, 2.45) is 0 Å². The smallest absolute Gasteiger partial charge is 0.246 e. The number of rotatable bonds is 1. The summed E-state index contributed by atoms with van der Waals surface area (Å²) in [6.07, 6.45) is 0. The van der Waals surface area contributed by atoms with Gasteiger partial charge in [-0.3, -0.25) is 4.79 Å². The molecule has 0 saturated heterocycles. The molecular formula is C11H12O3. The summed E-state index contributed by atoms with van der Waals surface area (Å²) >= 11 is 0. The van der Waals surface area contributed by atoms with Crippen molar-refractivity contribution in [1.29, 1.82) is 0 Å². The van der Waals surface area contributed by atoms with Gasteiger partial charge in [0.1, 0.15) is 0 Å². The van der Waals surface area contributed by atoms with E-state index in [4.69, 9.17) is 9.47 Å². The third-order valence-electron chi connectivity index (χ3n) is 2.06. The number of Topliss-reactive ketones (excluding diaryl/α,β-unsaturated/α-hetero) is 1. The summed E-state index contributed by atoms with van der Waals surface area (Å²) in [5.74, 6) is 0.737. The van der Waals surface area contributed by atoms with Gasteiger partial charge in [-0.15, -0.1) is 0 Å². The van der Waals surface area contributed by atoms with Gasteiger partial charge >= 0.3 is 0 Å². The van der Waals surface area contributed by atoms with Crippen molar-refractivity contribution in [2.75, 3.05) is 0 Å². The van der Waals surface area contributed by atoms with E-state index in [9.17, 15) is 4.79 Å². The van der Waals surface area contributed by atoms with Gasteiger partial charge in [-0.05, 0) is 25.1 Å². The first-order chi connectivity index (χ1) is 6.48. The van der Waals surface area contributed by atoms with Gasteiger partial charge in [0.25, 0.3) is 0 Å². The summed E-state index contributed by atoms with van der Waals surface area (Å²) in [5, 5.41) is 0. The monoisotopic (exact) mass is 192 g/mol. The van der Waals surface area contributed by atoms with Gasteiger partial charge in [0.05, 0.1) is 0 Å². The van der Waals surface area contributed by atoms with E-state index in [0.717, 1.165) is 0 Å². The van der Waals surface area contributed by atoms with Crippen LogP contribution in [0.2, 0.25) is 0 Å². The van der Waals surface area contributed by atoms with E-state index in [1.807, 2.05) is 13.8 Å². The van der Waals surface area contributed by atoms with E-state index < -0.39 is 5.79 Å². The second-order valence-corrected chi connectivity index (χ2v) is 3.82. The largest absolute Gasteiger partial charge is 0.449 e. The molecule has 3 heteroatoms. The van der Waals surface area contributed by atoms with E-state index in [-0.39, 0.29) is 5.78 Å². The van der Waals surface area contributed by atoms with Crippen LogP contribution in [-0.4, -0.2) is 11.6 Å². The molecule has 2 rings (SSSR count). The lowest BCUT2D eigenvalue weighted by atomic mass is 10.1. The normalized spacial score (nSPS) is 16.8. The zero-order valence-corrected chi connectivity index (χ0v) is 8.46. The van der Waals surface area contributed by atoms with Gasteiger partial charge in [-0.2, -0.15) is 0 Å². The molecule has 0 atom stereocenters. The van der Waals surface area contributed by atoms with Crippen LogP contribution in [0.5, 0.6) is 11.5 Å². The maximum atomic E-state index is 11.1. The summed E-state index contributed by atoms with van der Waals surface area (Å²) in [6.45, 7) is 5.20. The third kappa shape index (κ3) is 1.45. The molecule has 1 aliphatic rings. The molecule has 0 radical (unpaired) electrons. The summed E-state index contributed by atoms with van der Waals surface area (Å²) < 4.78 is 11.0. The Balaban J connectivity index is 2.40. The molecule has 1 aromatic rings. The first-order valence-corrected chi connectivity index (χ1v) is 4.51. The van der Waals surface area contributed by atoms with Crippen LogP contribution >= 0.6 is 0 Å². The Kier molecular flexibility index (Phi) is 1.77. The number of hydrogen-bond donors (Lipinski definition) is 0. The zero-order valence-electron chi connectivity index (χ0n) is 8.46. The molecule has 0 amide bonds. The van der Waals surface area contributed by atoms with Gasteiger partial charge in [0.2, 0.25) is 5.79 Å². The maximum absolute atomic E-state index is 11.1. The number of carbonyl (C=O) groups is 1. The molecule has 0 spiro atoms. The highest BCUT2D eigenvalue weighted by Gasteiger charge is 2.31. The standard InChI is InChI=1S/C11H12O3/c1-7(12)8-4-5-9-10(6-8)14-11(2,3)13-9/h4-6H,1-3H3. The SMILES string of the molecule is CC(=O)c1ccc2c(c1)OC(C)(C)O2.